The van der Waals surface area contributed by atoms with Gasteiger partial charge in [0.1, 0.15) is 5.82 Å². The van der Waals surface area contributed by atoms with Crippen LogP contribution in [0.3, 0.4) is 0 Å². The molecule has 0 aliphatic carbocycles. The third kappa shape index (κ3) is 2.57. The molecule has 0 bridgehead atoms. The van der Waals surface area contributed by atoms with Crippen LogP contribution in [0.5, 0.6) is 0 Å². The van der Waals surface area contributed by atoms with Crippen LogP contribution in [0.25, 0.3) is 11.0 Å². The number of sulfone groups is 1. The molecule has 0 atom stereocenters. The molecule has 2 aromatic rings. The van der Waals surface area contributed by atoms with Crippen LogP contribution in [0.1, 0.15) is 12.6 Å². The van der Waals surface area contributed by atoms with E-state index in [-0.39, 0.29) is 34.9 Å². The SMILES string of the molecule is CCS(=O)(=O)CCn1nc(C(F)(F)F)c2c(N)[nH]nc21. The maximum atomic E-state index is 12.8. The number of halogens is 3. The van der Waals surface area contributed by atoms with Gasteiger partial charge in [-0.2, -0.15) is 23.4 Å². The maximum Gasteiger partial charge on any atom is 0.435 e. The van der Waals surface area contributed by atoms with Crippen molar-refractivity contribution < 1.29 is 21.6 Å². The Morgan fingerprint density at radius 3 is 2.60 bits per heavy atom. The highest BCUT2D eigenvalue weighted by Gasteiger charge is 2.38. The Balaban J connectivity index is 2.45. The van der Waals surface area contributed by atoms with Crippen molar-refractivity contribution in [3.63, 3.8) is 0 Å². The number of aromatic amines is 1. The minimum absolute atomic E-state index is 0.0910. The van der Waals surface area contributed by atoms with E-state index >= 15 is 0 Å². The zero-order valence-corrected chi connectivity index (χ0v) is 11.2. The molecule has 0 saturated heterocycles. The summed E-state index contributed by atoms with van der Waals surface area (Å²) in [5.41, 5.74) is 4.12. The van der Waals surface area contributed by atoms with Gasteiger partial charge in [0.05, 0.1) is 17.7 Å². The summed E-state index contributed by atoms with van der Waals surface area (Å²) in [5, 5.41) is 8.91. The molecule has 2 rings (SSSR count). The number of nitrogens with two attached hydrogens (primary N) is 1. The summed E-state index contributed by atoms with van der Waals surface area (Å²) < 4.78 is 62.2. The summed E-state index contributed by atoms with van der Waals surface area (Å²) >= 11 is 0. The quantitative estimate of drug-likeness (QED) is 0.868. The van der Waals surface area contributed by atoms with Crippen molar-refractivity contribution in [1.29, 1.82) is 0 Å². The standard InChI is InChI=1S/C9H12F3N5O2S/c1-2-20(18,19)4-3-17-8-5(7(13)14-15-8)6(16-17)9(10,11)12/h2-4H2,1H3,(H3,13,14,15). The lowest BCUT2D eigenvalue weighted by atomic mass is 10.3. The minimum atomic E-state index is -4.69. The minimum Gasteiger partial charge on any atom is -0.383 e. The van der Waals surface area contributed by atoms with Crippen LogP contribution in [0, 0.1) is 0 Å². The fraction of sp³-hybridized carbons (Fsp3) is 0.556. The van der Waals surface area contributed by atoms with E-state index in [1.807, 2.05) is 0 Å². The molecule has 11 heteroatoms. The van der Waals surface area contributed by atoms with Crippen LogP contribution in [0.4, 0.5) is 19.0 Å². The molecule has 0 radical (unpaired) electrons. The highest BCUT2D eigenvalue weighted by atomic mass is 32.2. The number of alkyl halides is 3. The van der Waals surface area contributed by atoms with Crippen molar-refractivity contribution in [2.24, 2.45) is 0 Å². The largest absolute Gasteiger partial charge is 0.435 e. The molecule has 0 fully saturated rings. The first kappa shape index (κ1) is 14.6. The van der Waals surface area contributed by atoms with Crippen LogP contribution in [0.15, 0.2) is 0 Å². The number of hydrogen-bond acceptors (Lipinski definition) is 5. The van der Waals surface area contributed by atoms with Gasteiger partial charge in [0.25, 0.3) is 0 Å². The van der Waals surface area contributed by atoms with E-state index in [1.165, 1.54) is 6.92 Å². The predicted octanol–water partition coefficient (Wildman–Crippen LogP) is 0.795. The van der Waals surface area contributed by atoms with E-state index in [0.717, 1.165) is 4.68 Å². The van der Waals surface area contributed by atoms with Gasteiger partial charge in [0, 0.05) is 5.75 Å². The van der Waals surface area contributed by atoms with Crippen molar-refractivity contribution in [3.8, 4) is 0 Å². The molecule has 0 unspecified atom stereocenters. The summed E-state index contributed by atoms with van der Waals surface area (Å²) in [6.07, 6.45) is -4.69. The Kier molecular flexibility index (Phi) is 3.40. The third-order valence-corrected chi connectivity index (χ3v) is 4.48. The van der Waals surface area contributed by atoms with E-state index < -0.39 is 21.7 Å². The fourth-order valence-corrected chi connectivity index (χ4v) is 2.45. The predicted molar refractivity (Wildman–Crippen MR) is 65.6 cm³/mol. The normalized spacial score (nSPS) is 13.2. The number of nitrogen functional groups attached to an aromatic ring is 1. The van der Waals surface area contributed by atoms with Crippen LogP contribution in [0.2, 0.25) is 0 Å². The zero-order chi connectivity index (χ0) is 15.1. The first-order valence-electron chi connectivity index (χ1n) is 5.63. The van der Waals surface area contributed by atoms with Crippen molar-refractivity contribution >= 4 is 26.7 Å². The first-order valence-corrected chi connectivity index (χ1v) is 7.46. The summed E-state index contributed by atoms with van der Waals surface area (Å²) in [6, 6.07) is 0. The highest BCUT2D eigenvalue weighted by molar-refractivity contribution is 7.91. The van der Waals surface area contributed by atoms with Gasteiger partial charge in [-0.1, -0.05) is 6.92 Å². The second-order valence-electron chi connectivity index (χ2n) is 4.14. The van der Waals surface area contributed by atoms with Crippen molar-refractivity contribution in [3.05, 3.63) is 5.69 Å². The monoisotopic (exact) mass is 311 g/mol. The molecule has 2 heterocycles. The lowest BCUT2D eigenvalue weighted by Gasteiger charge is -2.03. The zero-order valence-electron chi connectivity index (χ0n) is 10.4. The maximum absolute atomic E-state index is 12.8. The lowest BCUT2D eigenvalue weighted by molar-refractivity contribution is -0.140. The number of aryl methyl sites for hydroxylation is 1. The van der Waals surface area contributed by atoms with E-state index in [2.05, 4.69) is 15.3 Å². The molecular formula is C9H12F3N5O2S. The van der Waals surface area contributed by atoms with Gasteiger partial charge in [-0.3, -0.25) is 5.10 Å². The second-order valence-corrected chi connectivity index (χ2v) is 6.61. The number of nitrogens with one attached hydrogen (secondary N) is 1. The fourth-order valence-electron chi connectivity index (χ4n) is 1.71. The van der Waals surface area contributed by atoms with E-state index in [0.29, 0.717) is 0 Å². The van der Waals surface area contributed by atoms with Crippen LogP contribution in [-0.4, -0.2) is 39.9 Å². The third-order valence-electron chi connectivity index (χ3n) is 2.80. The van der Waals surface area contributed by atoms with Crippen molar-refractivity contribution in [2.45, 2.75) is 19.6 Å². The smallest absolute Gasteiger partial charge is 0.383 e. The molecule has 0 aliphatic heterocycles. The number of hydrogen-bond donors (Lipinski definition) is 2. The van der Waals surface area contributed by atoms with E-state index in [9.17, 15) is 21.6 Å². The Morgan fingerprint density at radius 2 is 2.05 bits per heavy atom. The van der Waals surface area contributed by atoms with Gasteiger partial charge >= 0.3 is 6.18 Å². The number of H-pyrrole nitrogens is 1. The molecule has 7 nitrogen and oxygen atoms in total. The van der Waals surface area contributed by atoms with Gasteiger partial charge < -0.3 is 5.73 Å². The summed E-state index contributed by atoms with van der Waals surface area (Å²) in [7, 11) is -3.32. The Morgan fingerprint density at radius 1 is 1.40 bits per heavy atom. The summed E-state index contributed by atoms with van der Waals surface area (Å²) in [5.74, 6) is -0.659. The van der Waals surface area contributed by atoms with E-state index in [4.69, 9.17) is 5.73 Å². The molecule has 0 aliphatic rings. The van der Waals surface area contributed by atoms with Gasteiger partial charge in [0.15, 0.2) is 21.2 Å². The Hall–Kier alpha value is -1.78. The average Bonchev–Trinajstić information content (AvgIpc) is 2.88. The van der Waals surface area contributed by atoms with Gasteiger partial charge in [0.2, 0.25) is 0 Å². The van der Waals surface area contributed by atoms with E-state index in [1.54, 1.807) is 0 Å². The Labute approximate surface area is 111 Å². The number of anilines is 1. The van der Waals surface area contributed by atoms with Gasteiger partial charge in [-0.25, -0.2) is 13.1 Å². The summed E-state index contributed by atoms with van der Waals surface area (Å²) in [4.78, 5) is 0. The molecule has 0 spiro atoms. The molecule has 0 aromatic carbocycles. The second kappa shape index (κ2) is 4.65. The molecule has 112 valence electrons. The number of aromatic nitrogens is 4. The van der Waals surface area contributed by atoms with Crippen molar-refractivity contribution in [1.82, 2.24) is 20.0 Å². The highest BCUT2D eigenvalue weighted by Crippen LogP contribution is 2.35. The van der Waals surface area contributed by atoms with Crippen LogP contribution < -0.4 is 5.73 Å². The number of nitrogens with zero attached hydrogens (tertiary/aromatic N) is 3. The van der Waals surface area contributed by atoms with Gasteiger partial charge in [-0.15, -0.1) is 0 Å². The molecule has 20 heavy (non-hydrogen) atoms. The topological polar surface area (TPSA) is 107 Å². The molecule has 0 saturated carbocycles. The molecule has 2 aromatic heterocycles. The summed E-state index contributed by atoms with van der Waals surface area (Å²) in [6.45, 7) is 1.24. The van der Waals surface area contributed by atoms with Crippen molar-refractivity contribution in [2.75, 3.05) is 17.2 Å². The molecular weight excluding hydrogens is 299 g/mol. The van der Waals surface area contributed by atoms with Gasteiger partial charge in [-0.05, 0) is 0 Å². The Bertz CT molecular complexity index is 731. The molecule has 0 amide bonds. The lowest BCUT2D eigenvalue weighted by Crippen LogP contribution is -2.16. The number of fused-ring (bicyclic) bond motifs is 1. The molecule has 3 N–H and O–H groups in total. The van der Waals surface area contributed by atoms with Crippen LogP contribution >= 0.6 is 0 Å². The van der Waals surface area contributed by atoms with Crippen LogP contribution in [-0.2, 0) is 22.6 Å². The number of rotatable bonds is 4. The average molecular weight is 311 g/mol. The first-order chi connectivity index (χ1) is 9.15.